The molecule has 1 aliphatic carbocycles. The summed E-state index contributed by atoms with van der Waals surface area (Å²) < 4.78 is 0. The summed E-state index contributed by atoms with van der Waals surface area (Å²) in [5.41, 5.74) is 10.6. The lowest BCUT2D eigenvalue weighted by Gasteiger charge is -2.21. The number of rotatable bonds is 4. The van der Waals surface area contributed by atoms with Gasteiger partial charge in [-0.3, -0.25) is 0 Å². The van der Waals surface area contributed by atoms with Crippen LogP contribution in [0.4, 0.5) is 0 Å². The van der Waals surface area contributed by atoms with Crippen LogP contribution in [0.5, 0.6) is 0 Å². The molecule has 0 spiro atoms. The molecule has 0 N–H and O–H groups in total. The van der Waals surface area contributed by atoms with E-state index in [1.54, 1.807) is 0 Å². The minimum atomic E-state index is -0.0818. The highest BCUT2D eigenvalue weighted by atomic mass is 15.0. The zero-order chi connectivity index (χ0) is 39.2. The Morgan fingerprint density at radius 3 is 1.41 bits per heavy atom. The van der Waals surface area contributed by atoms with Crippen LogP contribution in [0.1, 0.15) is 25.0 Å². The van der Waals surface area contributed by atoms with E-state index in [1.807, 2.05) is 0 Å². The molecule has 1 aliphatic rings. The largest absolute Gasteiger partial charge is 0.208 e. The molecule has 0 aliphatic heterocycles. The van der Waals surface area contributed by atoms with Gasteiger partial charge in [0.1, 0.15) is 0 Å². The van der Waals surface area contributed by atoms with Crippen molar-refractivity contribution < 1.29 is 0 Å². The fourth-order valence-electron chi connectivity index (χ4n) is 9.85. The standard InChI is InChI=1S/C56H37N3/c1-56(2)50-27-12-11-24-46(50)52-40(25-14-28-51(52)56)37-30-29-34-17-13-26-45(47(34)31-37)53-57-54(48-32-35-15-3-5-18-38(35)41-20-7-9-22-43(41)48)59-55(58-53)49-33-36-16-4-6-19-39(36)42-21-8-10-23-44(42)49/h3-33H,1-2H3. The number of fused-ring (bicyclic) bond motifs is 10. The summed E-state index contributed by atoms with van der Waals surface area (Å²) in [6.45, 7) is 4.68. The Kier molecular flexibility index (Phi) is 7.27. The zero-order valence-electron chi connectivity index (χ0n) is 32.7. The molecule has 11 aromatic rings. The Bertz CT molecular complexity index is 3410. The number of hydrogen-bond acceptors (Lipinski definition) is 3. The predicted octanol–water partition coefficient (Wildman–Crippen LogP) is 14.6. The van der Waals surface area contributed by atoms with E-state index in [0.29, 0.717) is 17.5 Å². The first-order valence-electron chi connectivity index (χ1n) is 20.4. The highest BCUT2D eigenvalue weighted by Crippen LogP contribution is 2.52. The molecule has 0 saturated carbocycles. The van der Waals surface area contributed by atoms with Crippen molar-refractivity contribution in [3.05, 3.63) is 199 Å². The first kappa shape index (κ1) is 33.6. The summed E-state index contributed by atoms with van der Waals surface area (Å²) in [7, 11) is 0. The molecule has 3 heteroatoms. The van der Waals surface area contributed by atoms with Crippen LogP contribution in [-0.2, 0) is 5.41 Å². The van der Waals surface area contributed by atoms with E-state index < -0.39 is 0 Å². The number of nitrogens with zero attached hydrogens (tertiary/aromatic N) is 3. The van der Waals surface area contributed by atoms with Gasteiger partial charge in [0.05, 0.1) is 0 Å². The second kappa shape index (κ2) is 12.8. The summed E-state index contributed by atoms with van der Waals surface area (Å²) in [5, 5.41) is 11.5. The van der Waals surface area contributed by atoms with Gasteiger partial charge in [-0.15, -0.1) is 0 Å². The Morgan fingerprint density at radius 2 is 0.763 bits per heavy atom. The van der Waals surface area contributed by atoms with Gasteiger partial charge in [-0.25, -0.2) is 15.0 Å². The van der Waals surface area contributed by atoms with Crippen molar-refractivity contribution in [3.63, 3.8) is 0 Å². The van der Waals surface area contributed by atoms with Crippen molar-refractivity contribution >= 4 is 53.9 Å². The van der Waals surface area contributed by atoms with E-state index in [4.69, 9.17) is 15.0 Å². The maximum atomic E-state index is 5.44. The van der Waals surface area contributed by atoms with Gasteiger partial charge in [-0.1, -0.05) is 184 Å². The topological polar surface area (TPSA) is 38.7 Å². The van der Waals surface area contributed by atoms with Crippen molar-refractivity contribution in [2.75, 3.05) is 0 Å². The molecule has 10 aromatic carbocycles. The first-order chi connectivity index (χ1) is 29.0. The molecule has 0 fully saturated rings. The van der Waals surface area contributed by atoms with E-state index in [1.165, 1.54) is 54.9 Å². The molecule has 0 bridgehead atoms. The smallest absolute Gasteiger partial charge is 0.164 e. The minimum absolute atomic E-state index is 0.0818. The van der Waals surface area contributed by atoms with Crippen LogP contribution < -0.4 is 0 Å². The van der Waals surface area contributed by atoms with Crippen LogP contribution in [0.3, 0.4) is 0 Å². The Labute approximate surface area is 342 Å². The van der Waals surface area contributed by atoms with Crippen LogP contribution in [0, 0.1) is 0 Å². The molecule has 0 radical (unpaired) electrons. The van der Waals surface area contributed by atoms with Gasteiger partial charge < -0.3 is 0 Å². The van der Waals surface area contributed by atoms with Crippen molar-refractivity contribution in [2.24, 2.45) is 0 Å². The Hall–Kier alpha value is -7.49. The maximum Gasteiger partial charge on any atom is 0.164 e. The second-order valence-electron chi connectivity index (χ2n) is 16.3. The summed E-state index contributed by atoms with van der Waals surface area (Å²) in [5.74, 6) is 1.95. The highest BCUT2D eigenvalue weighted by Gasteiger charge is 2.36. The molecule has 59 heavy (non-hydrogen) atoms. The van der Waals surface area contributed by atoms with Gasteiger partial charge in [0.2, 0.25) is 0 Å². The normalized spacial score (nSPS) is 13.1. The second-order valence-corrected chi connectivity index (χ2v) is 16.3. The molecular formula is C56H37N3. The molecule has 276 valence electrons. The van der Waals surface area contributed by atoms with E-state index in [0.717, 1.165) is 49.0 Å². The van der Waals surface area contributed by atoms with Crippen molar-refractivity contribution in [1.82, 2.24) is 15.0 Å². The van der Waals surface area contributed by atoms with Crippen molar-refractivity contribution in [3.8, 4) is 56.4 Å². The average Bonchev–Trinajstić information content (AvgIpc) is 3.53. The summed E-state index contributed by atoms with van der Waals surface area (Å²) >= 11 is 0. The third-order valence-electron chi connectivity index (χ3n) is 12.7. The van der Waals surface area contributed by atoms with E-state index >= 15 is 0 Å². The van der Waals surface area contributed by atoms with Crippen LogP contribution in [0.15, 0.2) is 188 Å². The monoisotopic (exact) mass is 751 g/mol. The lowest BCUT2D eigenvalue weighted by atomic mass is 9.82. The maximum absolute atomic E-state index is 5.44. The Balaban J connectivity index is 1.14. The summed E-state index contributed by atoms with van der Waals surface area (Å²) in [6, 6.07) is 67.9. The lowest BCUT2D eigenvalue weighted by Crippen LogP contribution is -2.14. The van der Waals surface area contributed by atoms with Gasteiger partial charge in [-0.2, -0.15) is 0 Å². The average molecular weight is 752 g/mol. The van der Waals surface area contributed by atoms with E-state index in [-0.39, 0.29) is 5.41 Å². The minimum Gasteiger partial charge on any atom is -0.208 e. The van der Waals surface area contributed by atoms with Gasteiger partial charge in [-0.05, 0) is 105 Å². The molecule has 3 nitrogen and oxygen atoms in total. The third-order valence-corrected chi connectivity index (χ3v) is 12.7. The number of aromatic nitrogens is 3. The summed E-state index contributed by atoms with van der Waals surface area (Å²) in [4.78, 5) is 16.3. The SMILES string of the molecule is CC1(C)c2ccccc2-c2c(-c3ccc4cccc(-c5nc(-c6cc7ccccc7c7ccccc67)nc(-c6cc7ccccc7c7ccccc67)n5)c4c3)cccc21. The summed E-state index contributed by atoms with van der Waals surface area (Å²) in [6.07, 6.45) is 0. The van der Waals surface area contributed by atoms with Gasteiger partial charge in [0, 0.05) is 22.1 Å². The molecular weight excluding hydrogens is 715 g/mol. The number of hydrogen-bond donors (Lipinski definition) is 0. The third kappa shape index (κ3) is 5.11. The fraction of sp³-hybridized carbons (Fsp3) is 0.0536. The molecule has 1 heterocycles. The van der Waals surface area contributed by atoms with Gasteiger partial charge >= 0.3 is 0 Å². The molecule has 0 saturated heterocycles. The molecule has 0 atom stereocenters. The molecule has 12 rings (SSSR count). The van der Waals surface area contributed by atoms with Gasteiger partial charge in [0.15, 0.2) is 17.5 Å². The van der Waals surface area contributed by atoms with E-state index in [9.17, 15) is 0 Å². The fourth-order valence-corrected chi connectivity index (χ4v) is 9.85. The van der Waals surface area contributed by atoms with E-state index in [2.05, 4.69) is 202 Å². The lowest BCUT2D eigenvalue weighted by molar-refractivity contribution is 0.660. The van der Waals surface area contributed by atoms with Crippen LogP contribution >= 0.6 is 0 Å². The van der Waals surface area contributed by atoms with Crippen LogP contribution in [-0.4, -0.2) is 15.0 Å². The van der Waals surface area contributed by atoms with Crippen LogP contribution in [0.25, 0.3) is 110 Å². The quantitative estimate of drug-likeness (QED) is 0.168. The zero-order valence-corrected chi connectivity index (χ0v) is 32.7. The molecule has 1 aromatic heterocycles. The van der Waals surface area contributed by atoms with Crippen molar-refractivity contribution in [1.29, 1.82) is 0 Å². The first-order valence-corrected chi connectivity index (χ1v) is 20.4. The highest BCUT2D eigenvalue weighted by molar-refractivity contribution is 6.15. The Morgan fingerprint density at radius 1 is 0.305 bits per heavy atom. The van der Waals surface area contributed by atoms with Gasteiger partial charge in [0.25, 0.3) is 0 Å². The predicted molar refractivity (Wildman–Crippen MR) is 247 cm³/mol. The number of benzene rings is 10. The van der Waals surface area contributed by atoms with Crippen molar-refractivity contribution in [2.45, 2.75) is 19.3 Å². The molecule has 0 amide bonds. The molecule has 0 unspecified atom stereocenters. The van der Waals surface area contributed by atoms with Crippen LogP contribution in [0.2, 0.25) is 0 Å².